The van der Waals surface area contributed by atoms with E-state index in [4.69, 9.17) is 0 Å². The number of aryl methyl sites for hydroxylation is 1. The van der Waals surface area contributed by atoms with E-state index < -0.39 is 0 Å². The zero-order valence-corrected chi connectivity index (χ0v) is 10.9. The van der Waals surface area contributed by atoms with Gasteiger partial charge in [0.2, 0.25) is 0 Å². The molecule has 3 rings (SSSR count). The van der Waals surface area contributed by atoms with Crippen molar-refractivity contribution in [2.75, 3.05) is 6.54 Å². The van der Waals surface area contributed by atoms with Crippen molar-refractivity contribution in [1.29, 1.82) is 0 Å². The highest BCUT2D eigenvalue weighted by molar-refractivity contribution is 9.10. The maximum atomic E-state index is 4.37. The first-order chi connectivity index (χ1) is 7.74. The average molecular weight is 279 g/mol. The lowest BCUT2D eigenvalue weighted by Gasteiger charge is -2.07. The van der Waals surface area contributed by atoms with E-state index in [1.54, 1.807) is 0 Å². The molecule has 2 heterocycles. The molecule has 2 aliphatic rings. The molecule has 0 saturated carbocycles. The number of hydrogen-bond acceptors (Lipinski definition) is 2. The topological polar surface area (TPSA) is 24.9 Å². The summed E-state index contributed by atoms with van der Waals surface area (Å²) >= 11 is 3.44. The Morgan fingerprint density at radius 2 is 2.38 bits per heavy atom. The zero-order chi connectivity index (χ0) is 11.1. The second kappa shape index (κ2) is 3.97. The van der Waals surface area contributed by atoms with Crippen molar-refractivity contribution < 1.29 is 0 Å². The molecule has 1 aromatic rings. The number of nitrogens with zero attached hydrogens (tertiary/aromatic N) is 1. The third-order valence-electron chi connectivity index (χ3n) is 3.65. The minimum Gasteiger partial charge on any atom is -0.310 e. The Morgan fingerprint density at radius 3 is 3.12 bits per heavy atom. The second-order valence-electron chi connectivity index (χ2n) is 4.76. The van der Waals surface area contributed by atoms with Gasteiger partial charge in [0.05, 0.1) is 0 Å². The van der Waals surface area contributed by atoms with Gasteiger partial charge in [-0.25, -0.2) is 4.98 Å². The lowest BCUT2D eigenvalue weighted by molar-refractivity contribution is 0.553. The van der Waals surface area contributed by atoms with Crippen molar-refractivity contribution in [3.63, 3.8) is 0 Å². The van der Waals surface area contributed by atoms with Gasteiger partial charge in [0.25, 0.3) is 0 Å². The second-order valence-corrected chi connectivity index (χ2v) is 5.51. The number of aromatic nitrogens is 1. The van der Waals surface area contributed by atoms with E-state index in [-0.39, 0.29) is 0 Å². The molecule has 0 aromatic carbocycles. The van der Waals surface area contributed by atoms with Gasteiger partial charge in [-0.1, -0.05) is 6.08 Å². The zero-order valence-electron chi connectivity index (χ0n) is 9.33. The average Bonchev–Trinajstić information content (AvgIpc) is 2.81. The molecule has 3 heteroatoms. The Hall–Kier alpha value is -0.670. The van der Waals surface area contributed by atoms with Crippen molar-refractivity contribution >= 4 is 21.5 Å². The van der Waals surface area contributed by atoms with Crippen LogP contribution in [0.3, 0.4) is 0 Å². The number of nitrogens with one attached hydrogen (secondary N) is 1. The summed E-state index contributed by atoms with van der Waals surface area (Å²) in [6.07, 6.45) is 6.89. The molecule has 0 unspecified atom stereocenters. The fraction of sp³-hybridized carbons (Fsp3) is 0.462. The third kappa shape index (κ3) is 1.72. The highest BCUT2D eigenvalue weighted by atomic mass is 79.9. The minimum atomic E-state index is 0.610. The summed E-state index contributed by atoms with van der Waals surface area (Å²) in [6, 6.07) is 2.84. The van der Waals surface area contributed by atoms with Gasteiger partial charge in [-0.05, 0) is 70.9 Å². The molecule has 0 radical (unpaired) electrons. The van der Waals surface area contributed by atoms with E-state index in [2.05, 4.69) is 45.3 Å². The molecule has 1 fully saturated rings. The van der Waals surface area contributed by atoms with Crippen molar-refractivity contribution in [2.45, 2.75) is 25.8 Å². The number of halogens is 1. The maximum absolute atomic E-state index is 4.37. The van der Waals surface area contributed by atoms with Gasteiger partial charge in [0.1, 0.15) is 4.60 Å². The monoisotopic (exact) mass is 278 g/mol. The van der Waals surface area contributed by atoms with Crippen LogP contribution in [0.2, 0.25) is 0 Å². The smallest absolute Gasteiger partial charge is 0.109 e. The largest absolute Gasteiger partial charge is 0.310 e. The van der Waals surface area contributed by atoms with Crippen LogP contribution in [-0.4, -0.2) is 17.6 Å². The third-order valence-corrected chi connectivity index (χ3v) is 4.48. The van der Waals surface area contributed by atoms with Crippen molar-refractivity contribution in [3.8, 4) is 0 Å². The fourth-order valence-corrected chi connectivity index (χ4v) is 2.94. The van der Waals surface area contributed by atoms with E-state index in [0.29, 0.717) is 6.04 Å². The van der Waals surface area contributed by atoms with Crippen LogP contribution in [0.5, 0.6) is 0 Å². The van der Waals surface area contributed by atoms with Gasteiger partial charge < -0.3 is 5.32 Å². The maximum Gasteiger partial charge on any atom is 0.109 e. The first-order valence-corrected chi connectivity index (χ1v) is 6.60. The lowest BCUT2D eigenvalue weighted by atomic mass is 9.99. The summed E-state index contributed by atoms with van der Waals surface area (Å²) in [5.74, 6) is 0.818. The molecule has 1 N–H and O–H groups in total. The van der Waals surface area contributed by atoms with Gasteiger partial charge in [0, 0.05) is 12.2 Å². The van der Waals surface area contributed by atoms with Gasteiger partial charge in [-0.2, -0.15) is 0 Å². The van der Waals surface area contributed by atoms with Crippen molar-refractivity contribution in [3.05, 3.63) is 34.1 Å². The molecule has 0 amide bonds. The quantitative estimate of drug-likeness (QED) is 0.799. The SMILES string of the molecule is Cc1cc(C2=C[C@H]3NCC[C@H]3C2)cnc1Br. The van der Waals surface area contributed by atoms with E-state index in [1.165, 1.54) is 36.1 Å². The molecule has 1 saturated heterocycles. The van der Waals surface area contributed by atoms with Gasteiger partial charge in [-0.3, -0.25) is 0 Å². The number of fused-ring (bicyclic) bond motifs is 1. The standard InChI is InChI=1S/C13H15BrN2/c1-8-4-11(7-16-13(8)14)10-5-9-2-3-15-12(9)6-10/h4,6-7,9,12,15H,2-3,5H2,1H3/t9-,12+/m0/s1. The highest BCUT2D eigenvalue weighted by Crippen LogP contribution is 2.37. The summed E-state index contributed by atoms with van der Waals surface area (Å²) in [5.41, 5.74) is 3.96. The normalized spacial score (nSPS) is 28.0. The lowest BCUT2D eigenvalue weighted by Crippen LogP contribution is -2.20. The van der Waals surface area contributed by atoms with Crippen molar-refractivity contribution in [2.24, 2.45) is 5.92 Å². The molecule has 1 aliphatic heterocycles. The van der Waals surface area contributed by atoms with Crippen LogP contribution >= 0.6 is 15.9 Å². The Morgan fingerprint density at radius 1 is 1.50 bits per heavy atom. The number of rotatable bonds is 1. The predicted octanol–water partition coefficient (Wildman–Crippen LogP) is 2.92. The van der Waals surface area contributed by atoms with Crippen molar-refractivity contribution in [1.82, 2.24) is 10.3 Å². The fourth-order valence-electron chi connectivity index (χ4n) is 2.72. The van der Waals surface area contributed by atoms with E-state index in [9.17, 15) is 0 Å². The van der Waals surface area contributed by atoms with Gasteiger partial charge >= 0.3 is 0 Å². The van der Waals surface area contributed by atoms with Crippen LogP contribution < -0.4 is 5.32 Å². The molecule has 1 aliphatic carbocycles. The van der Waals surface area contributed by atoms with Crippen LogP contribution in [0.1, 0.15) is 24.0 Å². The summed E-state index contributed by atoms with van der Waals surface area (Å²) in [5, 5.41) is 3.54. The van der Waals surface area contributed by atoms with Crippen LogP contribution in [0.4, 0.5) is 0 Å². The summed E-state index contributed by atoms with van der Waals surface area (Å²) in [6.45, 7) is 3.27. The van der Waals surface area contributed by atoms with E-state index >= 15 is 0 Å². The minimum absolute atomic E-state index is 0.610. The molecule has 1 aromatic heterocycles. The van der Waals surface area contributed by atoms with Crippen LogP contribution in [-0.2, 0) is 0 Å². The van der Waals surface area contributed by atoms with Gasteiger partial charge in [0.15, 0.2) is 0 Å². The Bertz CT molecular complexity index is 453. The van der Waals surface area contributed by atoms with Crippen LogP contribution in [0.25, 0.3) is 5.57 Å². The molecule has 0 bridgehead atoms. The molecule has 2 nitrogen and oxygen atoms in total. The summed E-state index contributed by atoms with van der Waals surface area (Å²) < 4.78 is 0.952. The van der Waals surface area contributed by atoms with E-state index in [1.807, 2.05) is 6.20 Å². The molecule has 0 spiro atoms. The summed E-state index contributed by atoms with van der Waals surface area (Å²) in [4.78, 5) is 4.37. The van der Waals surface area contributed by atoms with Crippen LogP contribution in [0, 0.1) is 12.8 Å². The Kier molecular flexibility index (Phi) is 2.60. The first-order valence-electron chi connectivity index (χ1n) is 5.80. The molecule has 2 atom stereocenters. The van der Waals surface area contributed by atoms with E-state index in [0.717, 1.165) is 10.5 Å². The summed E-state index contributed by atoms with van der Waals surface area (Å²) in [7, 11) is 0. The van der Waals surface area contributed by atoms with Crippen LogP contribution in [0.15, 0.2) is 22.9 Å². The predicted molar refractivity (Wildman–Crippen MR) is 69.2 cm³/mol. The number of hydrogen-bond donors (Lipinski definition) is 1. The molecule has 16 heavy (non-hydrogen) atoms. The highest BCUT2D eigenvalue weighted by Gasteiger charge is 2.31. The molecular weight excluding hydrogens is 264 g/mol. The first kappa shape index (κ1) is 10.5. The number of pyridine rings is 1. The molecular formula is C13H15BrN2. The van der Waals surface area contributed by atoms with Gasteiger partial charge in [-0.15, -0.1) is 0 Å². The Labute approximate surface area is 104 Å². The Balaban J connectivity index is 1.90. The number of allylic oxidation sites excluding steroid dienone is 1. The molecule has 84 valence electrons.